The molecule has 0 spiro atoms. The van der Waals surface area contributed by atoms with E-state index in [1.54, 1.807) is 5.51 Å². The quantitative estimate of drug-likeness (QED) is 0.860. The number of thiazole rings is 1. The number of hydrogen-bond acceptors (Lipinski definition) is 5. The molecule has 5 nitrogen and oxygen atoms in total. The van der Waals surface area contributed by atoms with Crippen molar-refractivity contribution in [3.63, 3.8) is 0 Å². The number of carbonyl (C=O) groups is 2. The standard InChI is InChI=1S/C18H23N3O2S2/c1-11(2)9-19-17(22)15-7-6-14(25-15)13-5-4-8-21(13)18(23)16-12(3)20-10-24-16/h6-7,10-11,13H,4-5,8-9H2,1-3H3,(H,19,22). The first-order valence-corrected chi connectivity index (χ1v) is 10.3. The molecule has 1 saturated heterocycles. The van der Waals surface area contributed by atoms with Crippen molar-refractivity contribution < 1.29 is 9.59 Å². The molecule has 1 N–H and O–H groups in total. The highest BCUT2D eigenvalue weighted by Gasteiger charge is 2.33. The molecule has 134 valence electrons. The van der Waals surface area contributed by atoms with Crippen molar-refractivity contribution >= 4 is 34.5 Å². The highest BCUT2D eigenvalue weighted by atomic mass is 32.1. The molecule has 7 heteroatoms. The zero-order valence-corrected chi connectivity index (χ0v) is 16.4. The Labute approximate surface area is 156 Å². The number of nitrogens with zero attached hydrogens (tertiary/aromatic N) is 2. The molecule has 0 bridgehead atoms. The van der Waals surface area contributed by atoms with E-state index in [2.05, 4.69) is 24.1 Å². The lowest BCUT2D eigenvalue weighted by Gasteiger charge is -2.23. The second kappa shape index (κ2) is 7.66. The maximum absolute atomic E-state index is 12.9. The van der Waals surface area contributed by atoms with Crippen LogP contribution in [0, 0.1) is 12.8 Å². The molecule has 3 rings (SSSR count). The van der Waals surface area contributed by atoms with Gasteiger partial charge in [0.05, 0.1) is 22.1 Å². The summed E-state index contributed by atoms with van der Waals surface area (Å²) in [6.45, 7) is 7.45. The fourth-order valence-electron chi connectivity index (χ4n) is 2.98. The van der Waals surface area contributed by atoms with Gasteiger partial charge >= 0.3 is 0 Å². The summed E-state index contributed by atoms with van der Waals surface area (Å²) >= 11 is 2.89. The fourth-order valence-corrected chi connectivity index (χ4v) is 4.81. The van der Waals surface area contributed by atoms with Crippen molar-refractivity contribution in [2.24, 2.45) is 5.92 Å². The van der Waals surface area contributed by atoms with Gasteiger partial charge in [-0.1, -0.05) is 13.8 Å². The molecule has 3 heterocycles. The van der Waals surface area contributed by atoms with E-state index >= 15 is 0 Å². The van der Waals surface area contributed by atoms with Gasteiger partial charge < -0.3 is 10.2 Å². The minimum absolute atomic E-state index is 0.0286. The first-order chi connectivity index (χ1) is 12.0. The molecule has 2 aromatic rings. The minimum atomic E-state index is -0.0286. The highest BCUT2D eigenvalue weighted by molar-refractivity contribution is 7.14. The number of nitrogens with one attached hydrogen (secondary N) is 1. The molecule has 1 aliphatic rings. The van der Waals surface area contributed by atoms with Crippen LogP contribution >= 0.6 is 22.7 Å². The summed E-state index contributed by atoms with van der Waals surface area (Å²) in [4.78, 5) is 33.7. The van der Waals surface area contributed by atoms with Crippen molar-refractivity contribution in [1.82, 2.24) is 15.2 Å². The molecule has 25 heavy (non-hydrogen) atoms. The largest absolute Gasteiger partial charge is 0.351 e. The van der Waals surface area contributed by atoms with Crippen molar-refractivity contribution in [3.8, 4) is 0 Å². The van der Waals surface area contributed by atoms with Gasteiger partial charge in [-0.05, 0) is 37.8 Å². The average Bonchev–Trinajstić information content (AvgIpc) is 3.30. The van der Waals surface area contributed by atoms with E-state index in [0.717, 1.165) is 34.8 Å². The van der Waals surface area contributed by atoms with Crippen LogP contribution in [0.1, 0.15) is 62.6 Å². The van der Waals surface area contributed by atoms with Gasteiger partial charge in [-0.3, -0.25) is 9.59 Å². The van der Waals surface area contributed by atoms with Gasteiger partial charge in [-0.2, -0.15) is 0 Å². The van der Waals surface area contributed by atoms with Crippen LogP contribution in [0.5, 0.6) is 0 Å². The fraction of sp³-hybridized carbons (Fsp3) is 0.500. The van der Waals surface area contributed by atoms with Crippen molar-refractivity contribution in [1.29, 1.82) is 0 Å². The summed E-state index contributed by atoms with van der Waals surface area (Å²) in [5, 5.41) is 2.95. The number of aromatic nitrogens is 1. The van der Waals surface area contributed by atoms with Crippen LogP contribution in [0.2, 0.25) is 0 Å². The first kappa shape index (κ1) is 18.1. The normalized spacial score (nSPS) is 17.3. The van der Waals surface area contributed by atoms with Gasteiger partial charge in [0.25, 0.3) is 11.8 Å². The molecule has 0 radical (unpaired) electrons. The third-order valence-electron chi connectivity index (χ3n) is 4.30. The van der Waals surface area contributed by atoms with Crippen LogP contribution in [-0.4, -0.2) is 34.8 Å². The smallest absolute Gasteiger partial charge is 0.266 e. The molecular formula is C18H23N3O2S2. The summed E-state index contributed by atoms with van der Waals surface area (Å²) in [5.41, 5.74) is 2.51. The molecule has 1 unspecified atom stereocenters. The average molecular weight is 378 g/mol. The number of amides is 2. The van der Waals surface area contributed by atoms with Crippen molar-refractivity contribution in [3.05, 3.63) is 38.0 Å². The van der Waals surface area contributed by atoms with Gasteiger partial charge in [0, 0.05) is 18.0 Å². The van der Waals surface area contributed by atoms with E-state index in [1.807, 2.05) is 24.0 Å². The molecule has 2 amide bonds. The van der Waals surface area contributed by atoms with Gasteiger partial charge in [-0.15, -0.1) is 22.7 Å². The Morgan fingerprint density at radius 2 is 2.20 bits per heavy atom. The molecule has 1 atom stereocenters. The molecule has 0 saturated carbocycles. The molecule has 2 aromatic heterocycles. The summed E-state index contributed by atoms with van der Waals surface area (Å²) in [7, 11) is 0. The number of thiophene rings is 1. The van der Waals surface area contributed by atoms with E-state index in [0.29, 0.717) is 17.3 Å². The van der Waals surface area contributed by atoms with Crippen LogP contribution in [0.3, 0.4) is 0 Å². The predicted molar refractivity (Wildman–Crippen MR) is 101 cm³/mol. The van der Waals surface area contributed by atoms with Crippen molar-refractivity contribution in [2.75, 3.05) is 13.1 Å². The second-order valence-corrected chi connectivity index (χ2v) is 8.70. The van der Waals surface area contributed by atoms with E-state index < -0.39 is 0 Å². The summed E-state index contributed by atoms with van der Waals surface area (Å²) < 4.78 is 0. The maximum Gasteiger partial charge on any atom is 0.266 e. The summed E-state index contributed by atoms with van der Waals surface area (Å²) in [6, 6.07) is 3.92. The van der Waals surface area contributed by atoms with Crippen LogP contribution in [0.4, 0.5) is 0 Å². The van der Waals surface area contributed by atoms with Gasteiger partial charge in [0.15, 0.2) is 0 Å². The molecule has 1 aliphatic heterocycles. The monoisotopic (exact) mass is 377 g/mol. The molecule has 0 aliphatic carbocycles. The second-order valence-electron chi connectivity index (χ2n) is 6.73. The number of hydrogen-bond donors (Lipinski definition) is 1. The highest BCUT2D eigenvalue weighted by Crippen LogP contribution is 2.37. The predicted octanol–water partition coefficient (Wildman–Crippen LogP) is 3.88. The summed E-state index contributed by atoms with van der Waals surface area (Å²) in [5.74, 6) is 0.454. The Morgan fingerprint density at radius 1 is 1.40 bits per heavy atom. The lowest BCUT2D eigenvalue weighted by atomic mass is 10.2. The van der Waals surface area contributed by atoms with Crippen LogP contribution in [0.25, 0.3) is 0 Å². The van der Waals surface area contributed by atoms with Crippen molar-refractivity contribution in [2.45, 2.75) is 39.7 Å². The van der Waals surface area contributed by atoms with E-state index in [1.165, 1.54) is 22.7 Å². The number of aryl methyl sites for hydroxylation is 1. The summed E-state index contributed by atoms with van der Waals surface area (Å²) in [6.07, 6.45) is 1.93. The Morgan fingerprint density at radius 3 is 2.88 bits per heavy atom. The maximum atomic E-state index is 12.9. The lowest BCUT2D eigenvalue weighted by molar-refractivity contribution is 0.0741. The van der Waals surface area contributed by atoms with Crippen LogP contribution in [-0.2, 0) is 0 Å². The van der Waals surface area contributed by atoms with Gasteiger partial charge in [-0.25, -0.2) is 4.98 Å². The third kappa shape index (κ3) is 3.93. The third-order valence-corrected chi connectivity index (χ3v) is 6.41. The van der Waals surface area contributed by atoms with Gasteiger partial charge in [0.1, 0.15) is 4.88 Å². The SMILES string of the molecule is Cc1ncsc1C(=O)N1CCCC1c1ccc(C(=O)NCC(C)C)s1. The molecule has 0 aromatic carbocycles. The Bertz CT molecular complexity index is 766. The first-order valence-electron chi connectivity index (χ1n) is 8.56. The Hall–Kier alpha value is -1.73. The lowest BCUT2D eigenvalue weighted by Crippen LogP contribution is -2.30. The Kier molecular flexibility index (Phi) is 5.54. The Balaban J connectivity index is 1.74. The van der Waals surface area contributed by atoms with E-state index in [-0.39, 0.29) is 17.9 Å². The zero-order chi connectivity index (χ0) is 18.0. The van der Waals surface area contributed by atoms with E-state index in [9.17, 15) is 9.59 Å². The number of likely N-dealkylation sites (tertiary alicyclic amines) is 1. The van der Waals surface area contributed by atoms with Gasteiger partial charge in [0.2, 0.25) is 0 Å². The number of carbonyl (C=O) groups excluding carboxylic acids is 2. The topological polar surface area (TPSA) is 62.3 Å². The number of rotatable bonds is 5. The van der Waals surface area contributed by atoms with Crippen LogP contribution in [0.15, 0.2) is 17.6 Å². The minimum Gasteiger partial charge on any atom is -0.351 e. The molecular weight excluding hydrogens is 354 g/mol. The van der Waals surface area contributed by atoms with E-state index in [4.69, 9.17) is 0 Å². The van der Waals surface area contributed by atoms with Crippen LogP contribution < -0.4 is 5.32 Å². The zero-order valence-electron chi connectivity index (χ0n) is 14.7. The molecule has 1 fully saturated rings.